The van der Waals surface area contributed by atoms with E-state index in [-0.39, 0.29) is 115 Å². The van der Waals surface area contributed by atoms with Gasteiger partial charge in [-0.15, -0.1) is 0 Å². The molecule has 3 aromatic rings. The first kappa shape index (κ1) is 64.0. The minimum absolute atomic E-state index is 0.0281. The van der Waals surface area contributed by atoms with E-state index < -0.39 is 33.7 Å². The Morgan fingerprint density at radius 1 is 0.785 bits per heavy atom. The molecule has 2 saturated heterocycles. The molecule has 434 valence electrons. The lowest BCUT2D eigenvalue weighted by molar-refractivity contribution is -0.388. The number of carbonyl (C=O) groups is 4. The van der Waals surface area contributed by atoms with E-state index in [1.807, 2.05) is 0 Å². The third-order valence-corrected chi connectivity index (χ3v) is 26.4. The normalized spacial score (nSPS) is 16.4. The molecular weight excluding hydrogens is 1090 g/mol. The van der Waals surface area contributed by atoms with Crippen molar-refractivity contribution in [1.82, 2.24) is 14.8 Å². The fraction of sp³-hybridized carbons (Fsp3) is 0.545. The summed E-state index contributed by atoms with van der Waals surface area (Å²) in [5.74, 6) is 0.252. The molecule has 3 heterocycles. The van der Waals surface area contributed by atoms with Crippen molar-refractivity contribution in [2.75, 3.05) is 71.0 Å². The summed E-state index contributed by atoms with van der Waals surface area (Å²) in [6.07, 6.45) is 2.14. The first-order valence-corrected chi connectivity index (χ1v) is 34.3. The maximum atomic E-state index is 14.7. The molecule has 0 saturated carbocycles. The summed E-state index contributed by atoms with van der Waals surface area (Å²) >= 11 is 0. The highest BCUT2D eigenvalue weighted by atomic mass is 33.1. The van der Waals surface area contributed by atoms with Gasteiger partial charge in [0, 0.05) is 42.7 Å². The largest absolute Gasteiger partial charge is 0.493 e. The lowest BCUT2D eigenvalue weighted by atomic mass is 10.1. The smallest absolute Gasteiger partial charge is 0.411 e. The molecule has 2 aliphatic rings. The number of aromatic nitrogens is 1. The molecule has 2 aromatic carbocycles. The Kier molecular flexibility index (Phi) is 22.4. The van der Waals surface area contributed by atoms with Gasteiger partial charge >= 0.3 is 17.9 Å². The van der Waals surface area contributed by atoms with Gasteiger partial charge in [-0.25, -0.2) is 14.6 Å². The highest BCUT2D eigenvalue weighted by Crippen LogP contribution is 2.42. The Bertz CT molecular complexity index is 2720. The van der Waals surface area contributed by atoms with Crippen molar-refractivity contribution >= 4 is 79.3 Å². The van der Waals surface area contributed by atoms with Crippen LogP contribution in [0.5, 0.6) is 23.0 Å². The van der Waals surface area contributed by atoms with Gasteiger partial charge in [-0.05, 0) is 104 Å². The number of rotatable bonds is 26. The van der Waals surface area contributed by atoms with E-state index in [1.54, 1.807) is 16.7 Å². The van der Waals surface area contributed by atoms with Gasteiger partial charge in [-0.3, -0.25) is 30.3 Å². The number of amides is 4. The van der Waals surface area contributed by atoms with E-state index in [9.17, 15) is 34.4 Å². The number of benzene rings is 2. The lowest BCUT2D eigenvalue weighted by Gasteiger charge is -2.38. The zero-order valence-corrected chi connectivity index (χ0v) is 51.7. The molecule has 0 bridgehead atoms. The zero-order chi connectivity index (χ0) is 58.6. The molecular formula is C55H80N6O14S2Si2. The molecule has 2 aliphatic heterocycles. The molecule has 3 atom stereocenters. The number of anilines is 2. The number of carbonyl (C=O) groups excluding carboxylic acids is 3. The monoisotopic (exact) mass is 1170 g/mol. The van der Waals surface area contributed by atoms with Gasteiger partial charge in [0.2, 0.25) is 0 Å². The Hall–Kier alpha value is -5.80. The van der Waals surface area contributed by atoms with E-state index in [4.69, 9.17) is 32.5 Å². The molecule has 79 heavy (non-hydrogen) atoms. The van der Waals surface area contributed by atoms with E-state index in [2.05, 4.69) is 96.5 Å². The van der Waals surface area contributed by atoms with Gasteiger partial charge in [0.15, 0.2) is 44.7 Å². The summed E-state index contributed by atoms with van der Waals surface area (Å²) in [7, 11) is 0.946. The van der Waals surface area contributed by atoms with E-state index in [0.29, 0.717) is 58.4 Å². The van der Waals surface area contributed by atoms with Crippen LogP contribution >= 0.6 is 21.6 Å². The van der Waals surface area contributed by atoms with Crippen LogP contribution in [0.3, 0.4) is 0 Å². The topological polar surface area (TPSA) is 240 Å². The van der Waals surface area contributed by atoms with Crippen molar-refractivity contribution in [3.63, 3.8) is 0 Å². The number of hydrogen-bond acceptors (Lipinski definition) is 16. The molecule has 0 aliphatic carbocycles. The van der Waals surface area contributed by atoms with Crippen LogP contribution in [0.25, 0.3) is 0 Å². The summed E-state index contributed by atoms with van der Waals surface area (Å²) < 4.78 is 42.5. The van der Waals surface area contributed by atoms with Crippen LogP contribution < -0.4 is 29.6 Å². The van der Waals surface area contributed by atoms with Crippen LogP contribution in [0.1, 0.15) is 101 Å². The van der Waals surface area contributed by atoms with Crippen molar-refractivity contribution in [2.24, 2.45) is 0 Å². The third-order valence-electron chi connectivity index (χ3n) is 14.7. The first-order chi connectivity index (χ1) is 37.0. The molecule has 0 radical (unpaired) electrons. The Morgan fingerprint density at radius 2 is 1.25 bits per heavy atom. The van der Waals surface area contributed by atoms with Crippen LogP contribution in [-0.4, -0.2) is 143 Å². The van der Waals surface area contributed by atoms with Gasteiger partial charge in [0.05, 0.1) is 80.2 Å². The minimum atomic E-state index is -2.18. The quantitative estimate of drug-likeness (QED) is 0.0169. The maximum Gasteiger partial charge on any atom is 0.411 e. The molecule has 2 fully saturated rings. The minimum Gasteiger partial charge on any atom is -0.493 e. The number of unbranched alkanes of at least 4 members (excludes halogenated alkanes) is 2. The molecule has 0 spiro atoms. The summed E-state index contributed by atoms with van der Waals surface area (Å²) in [4.78, 5) is 73.0. The van der Waals surface area contributed by atoms with Crippen LogP contribution in [0.2, 0.25) is 36.3 Å². The van der Waals surface area contributed by atoms with Crippen LogP contribution in [-0.2, 0) is 13.6 Å². The second-order valence-electron chi connectivity index (χ2n) is 22.8. The number of likely N-dealkylation sites (tertiary alicyclic amines) is 2. The first-order valence-electron chi connectivity index (χ1n) is 26.3. The fourth-order valence-corrected chi connectivity index (χ4v) is 12.2. The second kappa shape index (κ2) is 27.6. The van der Waals surface area contributed by atoms with E-state index in [0.717, 1.165) is 21.9 Å². The summed E-state index contributed by atoms with van der Waals surface area (Å²) in [6, 6.07) is 8.30. The zero-order valence-electron chi connectivity index (χ0n) is 48.0. The predicted octanol–water partition coefficient (Wildman–Crippen LogP) is 12.7. The van der Waals surface area contributed by atoms with Crippen molar-refractivity contribution in [3.8, 4) is 23.0 Å². The van der Waals surface area contributed by atoms with Crippen LogP contribution in [0, 0.1) is 10.1 Å². The Labute approximate surface area is 474 Å². The number of pyridine rings is 1. The molecule has 3 N–H and O–H groups in total. The summed E-state index contributed by atoms with van der Waals surface area (Å²) in [5.41, 5.74) is 2.03. The predicted molar refractivity (Wildman–Crippen MR) is 315 cm³/mol. The van der Waals surface area contributed by atoms with Gasteiger partial charge in [0.1, 0.15) is 6.61 Å². The number of nitrogens with zero attached hydrogens (tertiary/aromatic N) is 4. The SMILES string of the molecule is C=C1CC(CO[Si](C)(C)C(C)(C)C)N(C(=O)c2cc(OC)c(OCCCCCOc3cc(NC(=O)OCC(C)SSc4ncccc4[N+](=O)[O-])c(C(=O)N4CC(=C)CC4CO[Si](C)(C)C(C)(C)C)cc3OC)cc2NC(=O)O)C1. The molecule has 24 heteroatoms. The van der Waals surface area contributed by atoms with Crippen molar-refractivity contribution in [3.05, 3.63) is 88.1 Å². The second-order valence-corrected chi connectivity index (χ2v) is 35.1. The number of nitro groups is 1. The third kappa shape index (κ3) is 17.4. The summed E-state index contributed by atoms with van der Waals surface area (Å²) in [5, 5.41) is 26.3. The Balaban J connectivity index is 1.27. The van der Waals surface area contributed by atoms with Gasteiger partial charge < -0.3 is 47.4 Å². The number of hydrogen-bond donors (Lipinski definition) is 3. The van der Waals surface area contributed by atoms with Crippen LogP contribution in [0.4, 0.5) is 26.7 Å². The van der Waals surface area contributed by atoms with Crippen LogP contribution in [0.15, 0.2) is 71.9 Å². The standard InChI is InChI=1S/C55H80N6O14S2Si2/c1-35-24-38(33-74-78(12,13)54(4,5)6)59(30-35)50(62)40-26-45(69-10)47(28-42(40)57-52(64)65)71-22-17-16-18-23-72-48-29-43(58-53(66)73-32-37(3)76-77-49-44(61(67)68)20-19-21-56-49)41(27-46(48)70-11)51(63)60-31-36(2)25-39(60)34-75-79(14,15)55(7,8)9/h19-21,26-29,37-39,57H,1-2,16-18,22-25,30-34H2,3-15H3,(H,58,66)(H,64,65). The molecule has 3 unspecified atom stereocenters. The number of methoxy groups -OCH3 is 2. The molecule has 1 aromatic heterocycles. The number of ether oxygens (including phenoxy) is 5. The van der Waals surface area contributed by atoms with Gasteiger partial charge in [0.25, 0.3) is 11.8 Å². The van der Waals surface area contributed by atoms with Crippen molar-refractivity contribution in [1.29, 1.82) is 0 Å². The highest BCUT2D eigenvalue weighted by Gasteiger charge is 2.42. The number of nitrogens with one attached hydrogen (secondary N) is 2. The average molecular weight is 1170 g/mol. The fourth-order valence-electron chi connectivity index (χ4n) is 8.05. The highest BCUT2D eigenvalue weighted by molar-refractivity contribution is 8.77. The lowest BCUT2D eigenvalue weighted by Crippen LogP contribution is -2.46. The van der Waals surface area contributed by atoms with Gasteiger partial charge in [-0.1, -0.05) is 76.6 Å². The van der Waals surface area contributed by atoms with E-state index in [1.165, 1.54) is 67.6 Å². The molecule has 20 nitrogen and oxygen atoms in total. The Morgan fingerprint density at radius 3 is 1.68 bits per heavy atom. The van der Waals surface area contributed by atoms with Crippen molar-refractivity contribution < 1.29 is 61.7 Å². The van der Waals surface area contributed by atoms with E-state index >= 15 is 0 Å². The van der Waals surface area contributed by atoms with Gasteiger partial charge in [-0.2, -0.15) is 0 Å². The maximum absolute atomic E-state index is 14.7. The molecule has 4 amide bonds. The molecule has 5 rings (SSSR count). The average Bonchev–Trinajstić information content (AvgIpc) is 4.00. The van der Waals surface area contributed by atoms with Crippen molar-refractivity contribution in [2.45, 2.75) is 139 Å². The number of carboxylic acid groups (broad SMARTS) is 1. The summed E-state index contributed by atoms with van der Waals surface area (Å²) in [6.45, 7) is 33.3.